The molecule has 2 aromatic carbocycles. The zero-order chi connectivity index (χ0) is 23.4. The summed E-state index contributed by atoms with van der Waals surface area (Å²) in [5.41, 5.74) is 3.37. The van der Waals surface area contributed by atoms with Crippen LogP contribution in [0.2, 0.25) is 0 Å². The minimum atomic E-state index is -0.815. The zero-order valence-corrected chi connectivity index (χ0v) is 18.0. The fourth-order valence-electron chi connectivity index (χ4n) is 3.21. The molecular weight excluding hydrogens is 426 g/mol. The Hall–Kier alpha value is -4.67. The van der Waals surface area contributed by atoms with Crippen LogP contribution in [0.4, 0.5) is 11.5 Å². The first-order valence-electron chi connectivity index (χ1n) is 9.78. The number of nitroso groups, excluding NO2 is 1. The Morgan fingerprint density at radius 1 is 1.06 bits per heavy atom. The third kappa shape index (κ3) is 4.51. The van der Waals surface area contributed by atoms with Gasteiger partial charge in [-0.05, 0) is 31.2 Å². The molecule has 0 unspecified atom stereocenters. The Morgan fingerprint density at radius 3 is 2.55 bits per heavy atom. The molecule has 0 fully saturated rings. The molecule has 2 heterocycles. The SMILES string of the molecule is COc1ccc(N(C)c2nc(C)nc3ccccc23)cc1Oc1cnc(C(=O)NN=O)nc1. The number of para-hydroxylation sites is 1. The van der Waals surface area contributed by atoms with E-state index in [1.165, 1.54) is 19.5 Å². The molecule has 166 valence electrons. The van der Waals surface area contributed by atoms with Crippen molar-refractivity contribution in [3.8, 4) is 17.2 Å². The monoisotopic (exact) mass is 445 g/mol. The van der Waals surface area contributed by atoms with E-state index in [0.717, 1.165) is 22.4 Å². The smallest absolute Gasteiger partial charge is 0.311 e. The number of amides is 1. The number of carbonyl (C=O) groups is 1. The maximum Gasteiger partial charge on any atom is 0.311 e. The molecule has 0 saturated heterocycles. The number of rotatable bonds is 7. The number of methoxy groups -OCH3 is 1. The predicted octanol–water partition coefficient (Wildman–Crippen LogP) is 3.71. The number of benzene rings is 2. The van der Waals surface area contributed by atoms with E-state index in [2.05, 4.69) is 25.2 Å². The van der Waals surface area contributed by atoms with E-state index in [-0.39, 0.29) is 11.6 Å². The van der Waals surface area contributed by atoms with Gasteiger partial charge in [-0.15, -0.1) is 4.91 Å². The lowest BCUT2D eigenvalue weighted by atomic mass is 10.2. The van der Waals surface area contributed by atoms with Gasteiger partial charge >= 0.3 is 5.91 Å². The summed E-state index contributed by atoms with van der Waals surface area (Å²) < 4.78 is 11.3. The van der Waals surface area contributed by atoms with Gasteiger partial charge in [0.05, 0.1) is 30.3 Å². The number of fused-ring (bicyclic) bond motifs is 1. The summed E-state index contributed by atoms with van der Waals surface area (Å²) in [4.78, 5) is 40.6. The Balaban J connectivity index is 1.66. The molecule has 1 N–H and O–H groups in total. The summed E-state index contributed by atoms with van der Waals surface area (Å²) in [5.74, 6) is 1.55. The number of aryl methyl sites for hydroxylation is 1. The molecule has 1 amide bonds. The summed E-state index contributed by atoms with van der Waals surface area (Å²) in [7, 11) is 3.43. The van der Waals surface area contributed by atoms with Crippen molar-refractivity contribution in [2.75, 3.05) is 19.1 Å². The Labute approximate surface area is 188 Å². The van der Waals surface area contributed by atoms with Crippen LogP contribution in [-0.4, -0.2) is 40.0 Å². The van der Waals surface area contributed by atoms with Crippen LogP contribution < -0.4 is 19.8 Å². The summed E-state index contributed by atoms with van der Waals surface area (Å²) in [6, 6.07) is 13.2. The molecule has 33 heavy (non-hydrogen) atoms. The normalized spacial score (nSPS) is 10.5. The lowest BCUT2D eigenvalue weighted by Crippen LogP contribution is -2.19. The first-order chi connectivity index (χ1) is 16.0. The zero-order valence-electron chi connectivity index (χ0n) is 18.0. The molecule has 4 rings (SSSR count). The van der Waals surface area contributed by atoms with Gasteiger partial charge in [0.1, 0.15) is 11.6 Å². The lowest BCUT2D eigenvalue weighted by molar-refractivity contribution is 0.0943. The summed E-state index contributed by atoms with van der Waals surface area (Å²) in [5, 5.41) is 3.22. The van der Waals surface area contributed by atoms with E-state index < -0.39 is 5.91 Å². The largest absolute Gasteiger partial charge is 0.493 e. The van der Waals surface area contributed by atoms with Crippen LogP contribution in [0.3, 0.4) is 0 Å². The van der Waals surface area contributed by atoms with Crippen molar-refractivity contribution in [3.05, 3.63) is 71.4 Å². The third-order valence-electron chi connectivity index (χ3n) is 4.75. The van der Waals surface area contributed by atoms with Crippen molar-refractivity contribution in [3.63, 3.8) is 0 Å². The fraction of sp³-hybridized carbons (Fsp3) is 0.136. The number of ether oxygens (including phenoxy) is 2. The third-order valence-corrected chi connectivity index (χ3v) is 4.75. The Morgan fingerprint density at radius 2 is 1.82 bits per heavy atom. The van der Waals surface area contributed by atoms with Gasteiger partial charge in [0.2, 0.25) is 5.82 Å². The molecule has 0 spiro atoms. The molecule has 4 aromatic rings. The molecule has 11 nitrogen and oxygen atoms in total. The van der Waals surface area contributed by atoms with Crippen molar-refractivity contribution in [2.45, 2.75) is 6.92 Å². The molecule has 11 heteroatoms. The molecular formula is C22H19N7O4. The number of hydrogen-bond acceptors (Lipinski definition) is 10. The Bertz CT molecular complexity index is 1330. The van der Waals surface area contributed by atoms with Crippen molar-refractivity contribution < 1.29 is 14.3 Å². The lowest BCUT2D eigenvalue weighted by Gasteiger charge is -2.22. The highest BCUT2D eigenvalue weighted by atomic mass is 16.5. The second-order valence-electron chi connectivity index (χ2n) is 6.88. The van der Waals surface area contributed by atoms with Crippen molar-refractivity contribution in [1.82, 2.24) is 25.4 Å². The van der Waals surface area contributed by atoms with Gasteiger partial charge in [-0.3, -0.25) is 4.79 Å². The minimum absolute atomic E-state index is 0.214. The quantitative estimate of drug-likeness (QED) is 0.334. The second kappa shape index (κ2) is 9.22. The molecule has 0 radical (unpaired) electrons. The van der Waals surface area contributed by atoms with E-state index in [4.69, 9.17) is 9.47 Å². The number of nitrogens with zero attached hydrogens (tertiary/aromatic N) is 6. The van der Waals surface area contributed by atoms with Gasteiger partial charge in [-0.25, -0.2) is 25.4 Å². The first-order valence-corrected chi connectivity index (χ1v) is 9.78. The summed E-state index contributed by atoms with van der Waals surface area (Å²) >= 11 is 0. The van der Waals surface area contributed by atoms with Crippen LogP contribution in [0.5, 0.6) is 17.2 Å². The van der Waals surface area contributed by atoms with E-state index in [9.17, 15) is 9.70 Å². The molecule has 0 bridgehead atoms. The summed E-state index contributed by atoms with van der Waals surface area (Å²) in [6.45, 7) is 1.85. The van der Waals surface area contributed by atoms with E-state index in [1.54, 1.807) is 17.6 Å². The molecule has 2 aromatic heterocycles. The molecule has 0 atom stereocenters. The van der Waals surface area contributed by atoms with E-state index in [0.29, 0.717) is 17.3 Å². The first kappa shape index (κ1) is 21.6. The maximum absolute atomic E-state index is 11.6. The van der Waals surface area contributed by atoms with Crippen molar-refractivity contribution in [1.29, 1.82) is 0 Å². The molecule has 0 aliphatic carbocycles. The maximum atomic E-state index is 11.6. The van der Waals surface area contributed by atoms with Crippen LogP contribution in [0.15, 0.2) is 60.1 Å². The van der Waals surface area contributed by atoms with E-state index in [1.807, 2.05) is 49.2 Å². The number of nitrogens with one attached hydrogen (secondary N) is 1. The van der Waals surface area contributed by atoms with Gasteiger partial charge in [0.25, 0.3) is 0 Å². The standard InChI is InChI=1S/C22H19N7O4/c1-13-25-17-7-5-4-6-16(17)21(26-13)29(2)14-8-9-18(32-3)19(10-14)33-15-11-23-20(24-12-15)22(30)27-28-31/h4-12H,1-3H3,(H,27,30,31). The molecule has 0 aliphatic heterocycles. The average molecular weight is 445 g/mol. The van der Waals surface area contributed by atoms with Crippen LogP contribution in [-0.2, 0) is 0 Å². The van der Waals surface area contributed by atoms with Gasteiger partial charge < -0.3 is 14.4 Å². The highest BCUT2D eigenvalue weighted by molar-refractivity contribution is 5.91. The van der Waals surface area contributed by atoms with Crippen LogP contribution >= 0.6 is 0 Å². The van der Waals surface area contributed by atoms with Crippen LogP contribution in [0.25, 0.3) is 10.9 Å². The predicted molar refractivity (Wildman–Crippen MR) is 121 cm³/mol. The molecule has 0 aliphatic rings. The highest BCUT2D eigenvalue weighted by Crippen LogP contribution is 2.37. The highest BCUT2D eigenvalue weighted by Gasteiger charge is 2.16. The van der Waals surface area contributed by atoms with E-state index >= 15 is 0 Å². The van der Waals surface area contributed by atoms with Crippen molar-refractivity contribution in [2.24, 2.45) is 5.29 Å². The Kier molecular flexibility index (Phi) is 6.02. The van der Waals surface area contributed by atoms with Gasteiger partial charge in [-0.2, -0.15) is 0 Å². The number of carbonyl (C=O) groups excluding carboxylic acids is 1. The number of anilines is 2. The fourth-order valence-corrected chi connectivity index (χ4v) is 3.21. The number of aromatic nitrogens is 4. The topological polar surface area (TPSA) is 132 Å². The van der Waals surface area contributed by atoms with Gasteiger partial charge in [-0.1, -0.05) is 12.1 Å². The second-order valence-corrected chi connectivity index (χ2v) is 6.88. The molecule has 0 saturated carbocycles. The van der Waals surface area contributed by atoms with Crippen molar-refractivity contribution >= 4 is 28.3 Å². The van der Waals surface area contributed by atoms with Gasteiger partial charge in [0, 0.05) is 24.2 Å². The summed E-state index contributed by atoms with van der Waals surface area (Å²) in [6.07, 6.45) is 2.62. The van der Waals surface area contributed by atoms with Crippen LogP contribution in [0.1, 0.15) is 16.4 Å². The minimum Gasteiger partial charge on any atom is -0.493 e. The van der Waals surface area contributed by atoms with Crippen LogP contribution in [0, 0.1) is 11.8 Å². The van der Waals surface area contributed by atoms with Gasteiger partial charge in [0.15, 0.2) is 17.2 Å². The average Bonchev–Trinajstić information content (AvgIpc) is 2.83. The number of hydrogen-bond donors (Lipinski definition) is 1.